The van der Waals surface area contributed by atoms with Crippen LogP contribution in [0.25, 0.3) is 0 Å². The van der Waals surface area contributed by atoms with Gasteiger partial charge in [0.15, 0.2) is 6.20 Å². The van der Waals surface area contributed by atoms with Crippen LogP contribution in [0, 0.1) is 5.21 Å². The molecule has 19 heavy (non-hydrogen) atoms. The highest BCUT2D eigenvalue weighted by atomic mass is 16.5. The lowest BCUT2D eigenvalue weighted by molar-refractivity contribution is -0.614. The first-order chi connectivity index (χ1) is 9.18. The number of imide groups is 1. The fourth-order valence-corrected chi connectivity index (χ4v) is 2.13. The SMILES string of the molecule is O=C1c2ccccc2C(=O)N1Cc1cccc[n+]1[O-]. The van der Waals surface area contributed by atoms with Crippen LogP contribution in [-0.4, -0.2) is 16.7 Å². The topological polar surface area (TPSA) is 64.3 Å². The summed E-state index contributed by atoms with van der Waals surface area (Å²) in [6.07, 6.45) is 1.34. The minimum absolute atomic E-state index is 0.0172. The third kappa shape index (κ3) is 1.76. The molecule has 2 amide bonds. The lowest BCUT2D eigenvalue weighted by atomic mass is 10.1. The summed E-state index contributed by atoms with van der Waals surface area (Å²) in [6, 6.07) is 11.5. The summed E-state index contributed by atoms with van der Waals surface area (Å²) >= 11 is 0. The first kappa shape index (κ1) is 11.4. The Labute approximate surface area is 109 Å². The second-order valence-electron chi connectivity index (χ2n) is 4.26. The maximum atomic E-state index is 12.1. The highest BCUT2D eigenvalue weighted by molar-refractivity contribution is 6.21. The van der Waals surface area contributed by atoms with Gasteiger partial charge in [0.1, 0.15) is 6.54 Å². The van der Waals surface area contributed by atoms with Crippen LogP contribution in [0.3, 0.4) is 0 Å². The molecule has 1 aliphatic heterocycles. The van der Waals surface area contributed by atoms with E-state index in [2.05, 4.69) is 0 Å². The monoisotopic (exact) mass is 254 g/mol. The third-order valence-corrected chi connectivity index (χ3v) is 3.10. The summed E-state index contributed by atoms with van der Waals surface area (Å²) in [5, 5.41) is 11.6. The average molecular weight is 254 g/mol. The number of rotatable bonds is 2. The molecule has 5 nitrogen and oxygen atoms in total. The number of hydrogen-bond acceptors (Lipinski definition) is 3. The highest BCUT2D eigenvalue weighted by Crippen LogP contribution is 2.23. The van der Waals surface area contributed by atoms with E-state index >= 15 is 0 Å². The molecular formula is C14H10N2O3. The van der Waals surface area contributed by atoms with E-state index in [0.717, 1.165) is 4.90 Å². The molecule has 2 heterocycles. The van der Waals surface area contributed by atoms with E-state index in [0.29, 0.717) is 21.6 Å². The molecule has 0 saturated carbocycles. The van der Waals surface area contributed by atoms with Crippen LogP contribution in [0.4, 0.5) is 0 Å². The average Bonchev–Trinajstić information content (AvgIpc) is 2.67. The van der Waals surface area contributed by atoms with Crippen molar-refractivity contribution in [2.24, 2.45) is 0 Å². The van der Waals surface area contributed by atoms with Crippen molar-refractivity contribution >= 4 is 11.8 Å². The molecule has 0 saturated heterocycles. The molecule has 2 aromatic rings. The normalized spacial score (nSPS) is 13.8. The predicted octanol–water partition coefficient (Wildman–Crippen LogP) is 1.12. The van der Waals surface area contributed by atoms with Crippen molar-refractivity contribution in [2.75, 3.05) is 0 Å². The van der Waals surface area contributed by atoms with E-state index in [-0.39, 0.29) is 18.4 Å². The quantitative estimate of drug-likeness (QED) is 0.458. The van der Waals surface area contributed by atoms with Gasteiger partial charge in [0, 0.05) is 12.1 Å². The molecule has 1 aliphatic rings. The van der Waals surface area contributed by atoms with Crippen LogP contribution in [0.5, 0.6) is 0 Å². The van der Waals surface area contributed by atoms with Gasteiger partial charge in [-0.1, -0.05) is 12.1 Å². The largest absolute Gasteiger partial charge is 0.618 e. The van der Waals surface area contributed by atoms with E-state index in [4.69, 9.17) is 0 Å². The molecule has 0 aliphatic carbocycles. The summed E-state index contributed by atoms with van der Waals surface area (Å²) in [5.74, 6) is -0.714. The van der Waals surface area contributed by atoms with Gasteiger partial charge in [0.2, 0.25) is 5.69 Å². The summed E-state index contributed by atoms with van der Waals surface area (Å²) in [4.78, 5) is 25.3. The number of fused-ring (bicyclic) bond motifs is 1. The summed E-state index contributed by atoms with van der Waals surface area (Å²) < 4.78 is 0.656. The van der Waals surface area contributed by atoms with E-state index in [1.54, 1.807) is 42.5 Å². The molecule has 0 N–H and O–H groups in total. The van der Waals surface area contributed by atoms with Crippen molar-refractivity contribution in [1.82, 2.24) is 4.90 Å². The minimum atomic E-state index is -0.357. The summed E-state index contributed by atoms with van der Waals surface area (Å²) in [7, 11) is 0. The Morgan fingerprint density at radius 2 is 1.53 bits per heavy atom. The number of nitrogens with zero attached hydrogens (tertiary/aromatic N) is 2. The molecule has 94 valence electrons. The molecule has 0 radical (unpaired) electrons. The van der Waals surface area contributed by atoms with E-state index in [1.807, 2.05) is 0 Å². The van der Waals surface area contributed by atoms with Crippen molar-refractivity contribution in [3.05, 3.63) is 70.7 Å². The standard InChI is InChI=1S/C14H10N2O3/c17-13-11-6-1-2-7-12(11)14(18)15(13)9-10-5-3-4-8-16(10)19/h1-8H,9H2. The molecule has 0 bridgehead atoms. The van der Waals surface area contributed by atoms with E-state index < -0.39 is 0 Å². The number of pyridine rings is 1. The van der Waals surface area contributed by atoms with Gasteiger partial charge in [-0.05, 0) is 18.2 Å². The Kier molecular flexibility index (Phi) is 2.52. The Balaban J connectivity index is 1.95. The van der Waals surface area contributed by atoms with Crippen molar-refractivity contribution in [1.29, 1.82) is 0 Å². The second-order valence-corrected chi connectivity index (χ2v) is 4.26. The zero-order chi connectivity index (χ0) is 13.4. The first-order valence-corrected chi connectivity index (χ1v) is 5.81. The van der Waals surface area contributed by atoms with E-state index in [9.17, 15) is 14.8 Å². The molecule has 1 aromatic carbocycles. The van der Waals surface area contributed by atoms with Crippen LogP contribution in [0.1, 0.15) is 26.4 Å². The van der Waals surface area contributed by atoms with Crippen LogP contribution in [0.15, 0.2) is 48.7 Å². The molecule has 3 rings (SSSR count). The maximum absolute atomic E-state index is 12.1. The zero-order valence-corrected chi connectivity index (χ0v) is 9.95. The van der Waals surface area contributed by atoms with Gasteiger partial charge in [-0.25, -0.2) is 0 Å². The lowest BCUT2D eigenvalue weighted by Crippen LogP contribution is -2.38. The number of aromatic nitrogens is 1. The summed E-state index contributed by atoms with van der Waals surface area (Å²) in [5.41, 5.74) is 1.14. The van der Waals surface area contributed by atoms with Gasteiger partial charge in [0.25, 0.3) is 11.8 Å². The number of carbonyl (C=O) groups is 2. The molecule has 5 heteroatoms. The minimum Gasteiger partial charge on any atom is -0.618 e. The van der Waals surface area contributed by atoms with Gasteiger partial charge in [-0.3, -0.25) is 14.5 Å². The van der Waals surface area contributed by atoms with E-state index in [1.165, 1.54) is 6.20 Å². The predicted molar refractivity (Wildman–Crippen MR) is 66.0 cm³/mol. The fourth-order valence-electron chi connectivity index (χ4n) is 2.13. The van der Waals surface area contributed by atoms with Gasteiger partial charge in [-0.15, -0.1) is 0 Å². The second kappa shape index (κ2) is 4.20. The Morgan fingerprint density at radius 3 is 2.11 bits per heavy atom. The molecule has 0 unspecified atom stereocenters. The van der Waals surface area contributed by atoms with Crippen molar-refractivity contribution in [3.63, 3.8) is 0 Å². The maximum Gasteiger partial charge on any atom is 0.262 e. The Hall–Kier alpha value is -2.69. The molecule has 0 atom stereocenters. The van der Waals surface area contributed by atoms with Crippen molar-refractivity contribution in [2.45, 2.75) is 6.54 Å². The molecule has 1 aromatic heterocycles. The van der Waals surface area contributed by atoms with Crippen LogP contribution in [-0.2, 0) is 6.54 Å². The zero-order valence-electron chi connectivity index (χ0n) is 9.95. The number of carbonyl (C=O) groups excluding carboxylic acids is 2. The lowest BCUT2D eigenvalue weighted by Gasteiger charge is -2.12. The van der Waals surface area contributed by atoms with Crippen LogP contribution >= 0.6 is 0 Å². The fraction of sp³-hybridized carbons (Fsp3) is 0.0714. The van der Waals surface area contributed by atoms with Gasteiger partial charge in [-0.2, -0.15) is 4.73 Å². The van der Waals surface area contributed by atoms with Crippen LogP contribution in [0.2, 0.25) is 0 Å². The molecule has 0 fully saturated rings. The van der Waals surface area contributed by atoms with Gasteiger partial charge >= 0.3 is 0 Å². The number of hydrogen-bond donors (Lipinski definition) is 0. The van der Waals surface area contributed by atoms with Crippen molar-refractivity contribution < 1.29 is 14.3 Å². The Morgan fingerprint density at radius 1 is 0.947 bits per heavy atom. The van der Waals surface area contributed by atoms with Gasteiger partial charge < -0.3 is 5.21 Å². The number of benzene rings is 1. The highest BCUT2D eigenvalue weighted by Gasteiger charge is 2.36. The smallest absolute Gasteiger partial charge is 0.262 e. The van der Waals surface area contributed by atoms with Crippen molar-refractivity contribution in [3.8, 4) is 0 Å². The first-order valence-electron chi connectivity index (χ1n) is 5.81. The third-order valence-electron chi connectivity index (χ3n) is 3.10. The molecular weight excluding hydrogens is 244 g/mol. The number of amides is 2. The van der Waals surface area contributed by atoms with Crippen LogP contribution < -0.4 is 4.73 Å². The van der Waals surface area contributed by atoms with Gasteiger partial charge in [0.05, 0.1) is 11.1 Å². The summed E-state index contributed by atoms with van der Waals surface area (Å²) in [6.45, 7) is -0.0172. The Bertz CT molecular complexity index is 647. The molecule has 0 spiro atoms.